The third kappa shape index (κ3) is 4.08. The lowest BCUT2D eigenvalue weighted by molar-refractivity contribution is 0.456. The Hall–Kier alpha value is -0.830. The van der Waals surface area contributed by atoms with E-state index in [-0.39, 0.29) is 0 Å². The smallest absolute Gasteiger partial charge is 0.0406 e. The Bertz CT molecular complexity index is 536. The minimum Gasteiger partial charge on any atom is -0.303 e. The van der Waals surface area contributed by atoms with E-state index in [0.29, 0.717) is 12.1 Å². The fraction of sp³-hybridized carbons (Fsp3) is 0.294. The van der Waals surface area contributed by atoms with E-state index in [4.69, 9.17) is 11.6 Å². The molecule has 0 radical (unpaired) electrons. The van der Waals surface area contributed by atoms with Gasteiger partial charge in [-0.2, -0.15) is 0 Å². The SMILES string of the molecule is CCC(N[C@@H](C)c1ccc(Cl)cc1)c1ccc(Br)cc1. The van der Waals surface area contributed by atoms with E-state index in [9.17, 15) is 0 Å². The highest BCUT2D eigenvalue weighted by Gasteiger charge is 2.13. The van der Waals surface area contributed by atoms with Gasteiger partial charge in [0, 0.05) is 21.6 Å². The maximum atomic E-state index is 5.94. The third-order valence-electron chi connectivity index (χ3n) is 3.50. The molecular weight excluding hydrogens is 334 g/mol. The molecule has 0 aromatic heterocycles. The van der Waals surface area contributed by atoms with Crippen LogP contribution in [0.15, 0.2) is 53.0 Å². The van der Waals surface area contributed by atoms with Crippen molar-refractivity contribution in [2.24, 2.45) is 0 Å². The van der Waals surface area contributed by atoms with Gasteiger partial charge in [-0.3, -0.25) is 0 Å². The van der Waals surface area contributed by atoms with Gasteiger partial charge in [0.1, 0.15) is 0 Å². The number of hydrogen-bond donors (Lipinski definition) is 1. The van der Waals surface area contributed by atoms with E-state index in [1.807, 2.05) is 12.1 Å². The Kier molecular flexibility index (Phi) is 5.64. The molecule has 0 saturated carbocycles. The van der Waals surface area contributed by atoms with Crippen molar-refractivity contribution in [2.75, 3.05) is 0 Å². The van der Waals surface area contributed by atoms with Crippen molar-refractivity contribution < 1.29 is 0 Å². The minimum atomic E-state index is 0.292. The second-order valence-electron chi connectivity index (χ2n) is 4.95. The van der Waals surface area contributed by atoms with Crippen LogP contribution in [0.3, 0.4) is 0 Å². The minimum absolute atomic E-state index is 0.292. The number of benzene rings is 2. The molecule has 0 aliphatic carbocycles. The summed E-state index contributed by atoms with van der Waals surface area (Å²) < 4.78 is 1.11. The van der Waals surface area contributed by atoms with Crippen LogP contribution in [0.5, 0.6) is 0 Å². The van der Waals surface area contributed by atoms with Gasteiger partial charge in [0.15, 0.2) is 0 Å². The molecule has 2 aromatic carbocycles. The summed E-state index contributed by atoms with van der Waals surface area (Å²) >= 11 is 9.41. The Balaban J connectivity index is 2.09. The predicted molar refractivity (Wildman–Crippen MR) is 90.2 cm³/mol. The molecule has 0 amide bonds. The van der Waals surface area contributed by atoms with Gasteiger partial charge in [-0.15, -0.1) is 0 Å². The molecular formula is C17H19BrClN. The Morgan fingerprint density at radius 3 is 2.10 bits per heavy atom. The number of halogens is 2. The van der Waals surface area contributed by atoms with Crippen LogP contribution in [0.25, 0.3) is 0 Å². The van der Waals surface area contributed by atoms with Crippen LogP contribution in [0, 0.1) is 0 Å². The Morgan fingerprint density at radius 2 is 1.55 bits per heavy atom. The van der Waals surface area contributed by atoms with E-state index < -0.39 is 0 Å². The quantitative estimate of drug-likeness (QED) is 0.706. The molecule has 0 heterocycles. The van der Waals surface area contributed by atoms with Crippen LogP contribution in [-0.4, -0.2) is 0 Å². The maximum Gasteiger partial charge on any atom is 0.0406 e. The van der Waals surface area contributed by atoms with Gasteiger partial charge in [0.2, 0.25) is 0 Å². The summed E-state index contributed by atoms with van der Waals surface area (Å²) in [6, 6.07) is 17.2. The van der Waals surface area contributed by atoms with E-state index in [2.05, 4.69) is 71.5 Å². The van der Waals surface area contributed by atoms with Gasteiger partial charge in [-0.05, 0) is 48.7 Å². The highest BCUT2D eigenvalue weighted by molar-refractivity contribution is 9.10. The monoisotopic (exact) mass is 351 g/mol. The van der Waals surface area contributed by atoms with Gasteiger partial charge in [-0.25, -0.2) is 0 Å². The zero-order chi connectivity index (χ0) is 14.5. The molecule has 0 saturated heterocycles. The van der Waals surface area contributed by atoms with E-state index in [1.165, 1.54) is 11.1 Å². The summed E-state index contributed by atoms with van der Waals surface area (Å²) in [6.45, 7) is 4.39. The summed E-state index contributed by atoms with van der Waals surface area (Å²) in [4.78, 5) is 0. The second kappa shape index (κ2) is 7.26. The van der Waals surface area contributed by atoms with Crippen molar-refractivity contribution >= 4 is 27.5 Å². The number of hydrogen-bond acceptors (Lipinski definition) is 1. The molecule has 0 spiro atoms. The van der Waals surface area contributed by atoms with Crippen molar-refractivity contribution in [3.05, 3.63) is 69.2 Å². The molecule has 1 nitrogen and oxygen atoms in total. The molecule has 2 rings (SSSR count). The molecule has 3 heteroatoms. The van der Waals surface area contributed by atoms with Crippen LogP contribution in [0.1, 0.15) is 43.5 Å². The molecule has 2 aromatic rings. The Morgan fingerprint density at radius 1 is 1.00 bits per heavy atom. The van der Waals surface area contributed by atoms with Gasteiger partial charge in [-0.1, -0.05) is 58.7 Å². The largest absolute Gasteiger partial charge is 0.303 e. The fourth-order valence-electron chi connectivity index (χ4n) is 2.29. The first-order chi connectivity index (χ1) is 9.60. The molecule has 0 bridgehead atoms. The van der Waals surface area contributed by atoms with Crippen LogP contribution in [0.2, 0.25) is 5.02 Å². The summed E-state index contributed by atoms with van der Waals surface area (Å²) in [5, 5.41) is 4.46. The topological polar surface area (TPSA) is 12.0 Å². The fourth-order valence-corrected chi connectivity index (χ4v) is 2.68. The summed E-state index contributed by atoms with van der Waals surface area (Å²) in [5.74, 6) is 0. The number of nitrogens with one attached hydrogen (secondary N) is 1. The predicted octanol–water partition coefficient (Wildman–Crippen LogP) is 5.90. The van der Waals surface area contributed by atoms with Gasteiger partial charge in [0.05, 0.1) is 0 Å². The highest BCUT2D eigenvalue weighted by Crippen LogP contribution is 2.24. The van der Waals surface area contributed by atoms with Gasteiger partial charge < -0.3 is 5.32 Å². The van der Waals surface area contributed by atoms with E-state index in [0.717, 1.165) is 15.9 Å². The highest BCUT2D eigenvalue weighted by atomic mass is 79.9. The average molecular weight is 353 g/mol. The molecule has 0 fully saturated rings. The maximum absolute atomic E-state index is 5.94. The van der Waals surface area contributed by atoms with Crippen molar-refractivity contribution in [1.82, 2.24) is 5.32 Å². The lowest BCUT2D eigenvalue weighted by atomic mass is 10.0. The lowest BCUT2D eigenvalue weighted by Crippen LogP contribution is -2.24. The molecule has 1 unspecified atom stereocenters. The van der Waals surface area contributed by atoms with Gasteiger partial charge >= 0.3 is 0 Å². The molecule has 106 valence electrons. The first-order valence-corrected chi connectivity index (χ1v) is 8.04. The standard InChI is InChI=1S/C17H19BrClN/c1-3-17(14-4-8-15(18)9-5-14)20-12(2)13-6-10-16(19)11-7-13/h4-12,17,20H,3H2,1-2H3/t12-,17?/m0/s1. The van der Waals surface area contributed by atoms with Crippen molar-refractivity contribution in [1.29, 1.82) is 0 Å². The van der Waals surface area contributed by atoms with Crippen molar-refractivity contribution in [2.45, 2.75) is 32.4 Å². The molecule has 0 aliphatic heterocycles. The molecule has 0 aliphatic rings. The van der Waals surface area contributed by atoms with Crippen LogP contribution in [-0.2, 0) is 0 Å². The molecule has 20 heavy (non-hydrogen) atoms. The number of rotatable bonds is 5. The van der Waals surface area contributed by atoms with E-state index in [1.54, 1.807) is 0 Å². The van der Waals surface area contributed by atoms with Crippen molar-refractivity contribution in [3.8, 4) is 0 Å². The molecule has 1 N–H and O–H groups in total. The molecule has 2 atom stereocenters. The summed E-state index contributed by atoms with van der Waals surface area (Å²) in [5.41, 5.74) is 2.57. The first-order valence-electron chi connectivity index (χ1n) is 6.87. The normalized spacial score (nSPS) is 14.0. The van der Waals surface area contributed by atoms with Gasteiger partial charge in [0.25, 0.3) is 0 Å². The first kappa shape index (κ1) is 15.6. The van der Waals surface area contributed by atoms with Crippen molar-refractivity contribution in [3.63, 3.8) is 0 Å². The van der Waals surface area contributed by atoms with Crippen LogP contribution >= 0.6 is 27.5 Å². The zero-order valence-electron chi connectivity index (χ0n) is 11.7. The summed E-state index contributed by atoms with van der Waals surface area (Å²) in [6.07, 6.45) is 1.06. The lowest BCUT2D eigenvalue weighted by Gasteiger charge is -2.23. The second-order valence-corrected chi connectivity index (χ2v) is 6.30. The Labute approximate surface area is 134 Å². The van der Waals surface area contributed by atoms with E-state index >= 15 is 0 Å². The van der Waals surface area contributed by atoms with Crippen LogP contribution in [0.4, 0.5) is 0 Å². The zero-order valence-corrected chi connectivity index (χ0v) is 14.1. The van der Waals surface area contributed by atoms with Crippen LogP contribution < -0.4 is 5.32 Å². The third-order valence-corrected chi connectivity index (χ3v) is 4.28. The average Bonchev–Trinajstić information content (AvgIpc) is 2.46. The summed E-state index contributed by atoms with van der Waals surface area (Å²) in [7, 11) is 0.